The van der Waals surface area contributed by atoms with E-state index in [9.17, 15) is 9.59 Å². The zero-order chi connectivity index (χ0) is 24.8. The molecule has 2 amide bonds. The first kappa shape index (κ1) is 25.5. The van der Waals surface area contributed by atoms with Crippen LogP contribution in [-0.2, 0) is 11.3 Å². The quantitative estimate of drug-likeness (QED) is 0.418. The molecule has 34 heavy (non-hydrogen) atoms. The molecular weight excluding hydrogens is 446 g/mol. The summed E-state index contributed by atoms with van der Waals surface area (Å²) in [5, 5.41) is 15.5. The van der Waals surface area contributed by atoms with Crippen LogP contribution in [0.5, 0.6) is 0 Å². The third-order valence-corrected chi connectivity index (χ3v) is 6.75. The Hall–Kier alpha value is -3.13. The van der Waals surface area contributed by atoms with Gasteiger partial charge in [0, 0.05) is 17.8 Å². The van der Waals surface area contributed by atoms with Gasteiger partial charge in [-0.3, -0.25) is 9.59 Å². The summed E-state index contributed by atoms with van der Waals surface area (Å²) in [6.45, 7) is 12.7. The van der Waals surface area contributed by atoms with Gasteiger partial charge < -0.3 is 15.2 Å². The number of thioether (sulfide) groups is 1. The molecule has 0 unspecified atom stereocenters. The smallest absolute Gasteiger partial charge is 0.251 e. The number of nitrogens with zero attached hydrogens (tertiary/aromatic N) is 3. The lowest BCUT2D eigenvalue weighted by Gasteiger charge is -2.22. The van der Waals surface area contributed by atoms with Crippen LogP contribution in [0.2, 0.25) is 0 Å². The van der Waals surface area contributed by atoms with Crippen molar-refractivity contribution in [2.24, 2.45) is 5.92 Å². The van der Waals surface area contributed by atoms with E-state index in [1.807, 2.05) is 82.5 Å². The third kappa shape index (κ3) is 6.05. The average molecular weight is 480 g/mol. The lowest BCUT2D eigenvalue weighted by molar-refractivity contribution is -0.113. The number of aryl methyl sites for hydroxylation is 2. The van der Waals surface area contributed by atoms with Crippen LogP contribution in [0.1, 0.15) is 59.7 Å². The molecule has 3 rings (SSSR count). The highest BCUT2D eigenvalue weighted by molar-refractivity contribution is 7.99. The molecule has 0 saturated heterocycles. The first-order valence-electron chi connectivity index (χ1n) is 11.5. The molecule has 0 bridgehead atoms. The third-order valence-electron chi connectivity index (χ3n) is 5.78. The van der Waals surface area contributed by atoms with E-state index in [0.717, 1.165) is 22.4 Å². The van der Waals surface area contributed by atoms with E-state index in [4.69, 9.17) is 0 Å². The number of carbonyl (C=O) groups is 2. The molecule has 2 aromatic carbocycles. The Morgan fingerprint density at radius 2 is 1.79 bits per heavy atom. The number of amides is 2. The summed E-state index contributed by atoms with van der Waals surface area (Å²) in [6.07, 6.45) is 0. The highest BCUT2D eigenvalue weighted by Crippen LogP contribution is 2.26. The van der Waals surface area contributed by atoms with Gasteiger partial charge >= 0.3 is 0 Å². The van der Waals surface area contributed by atoms with E-state index in [1.54, 1.807) is 6.07 Å². The fourth-order valence-electron chi connectivity index (χ4n) is 3.68. The van der Waals surface area contributed by atoms with Gasteiger partial charge in [0.15, 0.2) is 11.0 Å². The number of rotatable bonds is 9. The topological polar surface area (TPSA) is 88.9 Å². The summed E-state index contributed by atoms with van der Waals surface area (Å²) < 4.78 is 1.97. The fourth-order valence-corrected chi connectivity index (χ4v) is 4.49. The molecule has 3 aromatic rings. The molecule has 0 saturated carbocycles. The van der Waals surface area contributed by atoms with Crippen LogP contribution in [-0.4, -0.2) is 32.3 Å². The summed E-state index contributed by atoms with van der Waals surface area (Å²) in [7, 11) is 0. The molecule has 0 aliphatic rings. The minimum atomic E-state index is -0.307. The fraction of sp³-hybridized carbons (Fsp3) is 0.385. The van der Waals surface area contributed by atoms with Crippen molar-refractivity contribution in [2.45, 2.75) is 59.3 Å². The number of benzene rings is 2. The monoisotopic (exact) mass is 479 g/mol. The van der Waals surface area contributed by atoms with Crippen LogP contribution in [0.4, 0.5) is 5.69 Å². The molecule has 8 heteroatoms. The van der Waals surface area contributed by atoms with Crippen molar-refractivity contribution in [3.8, 4) is 0 Å². The Labute approximate surface area is 205 Å². The number of hydrogen-bond acceptors (Lipinski definition) is 5. The van der Waals surface area contributed by atoms with Crippen LogP contribution < -0.4 is 10.6 Å². The molecule has 7 nitrogen and oxygen atoms in total. The van der Waals surface area contributed by atoms with Crippen LogP contribution >= 0.6 is 11.8 Å². The van der Waals surface area contributed by atoms with Crippen molar-refractivity contribution in [1.29, 1.82) is 0 Å². The Kier molecular flexibility index (Phi) is 8.50. The molecule has 0 aliphatic carbocycles. The molecule has 0 fully saturated rings. The van der Waals surface area contributed by atoms with Gasteiger partial charge in [0.25, 0.3) is 5.91 Å². The second-order valence-electron chi connectivity index (χ2n) is 8.73. The van der Waals surface area contributed by atoms with E-state index in [1.165, 1.54) is 11.8 Å². The summed E-state index contributed by atoms with van der Waals surface area (Å²) in [5.41, 5.74) is 4.66. The number of nitrogens with one attached hydrogen (secondary N) is 2. The second-order valence-corrected chi connectivity index (χ2v) is 9.68. The predicted octanol–water partition coefficient (Wildman–Crippen LogP) is 5.08. The normalized spacial score (nSPS) is 12.0. The molecule has 180 valence electrons. The largest absolute Gasteiger partial charge is 0.342 e. The zero-order valence-electron chi connectivity index (χ0n) is 20.7. The van der Waals surface area contributed by atoms with Gasteiger partial charge in [0.1, 0.15) is 0 Å². The maximum absolute atomic E-state index is 12.9. The summed E-state index contributed by atoms with van der Waals surface area (Å²) in [6, 6.07) is 13.1. The van der Waals surface area contributed by atoms with E-state index in [2.05, 4.69) is 20.8 Å². The van der Waals surface area contributed by atoms with E-state index in [0.29, 0.717) is 23.1 Å². The molecule has 2 N–H and O–H groups in total. The maximum Gasteiger partial charge on any atom is 0.251 e. The second kappa shape index (κ2) is 11.3. The van der Waals surface area contributed by atoms with Gasteiger partial charge in [-0.05, 0) is 62.9 Å². The highest BCUT2D eigenvalue weighted by atomic mass is 32.2. The van der Waals surface area contributed by atoms with Gasteiger partial charge in [-0.15, -0.1) is 10.2 Å². The molecule has 1 heterocycles. The Balaban J connectivity index is 1.72. The Bertz CT molecular complexity index is 1170. The summed E-state index contributed by atoms with van der Waals surface area (Å²) in [5.74, 6) is 0.770. The first-order valence-corrected chi connectivity index (χ1v) is 12.5. The van der Waals surface area contributed by atoms with Crippen molar-refractivity contribution in [2.75, 3.05) is 11.1 Å². The number of hydrogen-bond donors (Lipinski definition) is 2. The van der Waals surface area contributed by atoms with Gasteiger partial charge in [0.2, 0.25) is 5.91 Å². The summed E-state index contributed by atoms with van der Waals surface area (Å²) >= 11 is 1.34. The molecule has 0 spiro atoms. The average Bonchev–Trinajstić information content (AvgIpc) is 3.21. The maximum atomic E-state index is 12.9. The molecule has 1 aromatic heterocycles. The van der Waals surface area contributed by atoms with E-state index in [-0.39, 0.29) is 29.5 Å². The minimum Gasteiger partial charge on any atom is -0.342 e. The number of aromatic nitrogens is 3. The highest BCUT2D eigenvalue weighted by Gasteiger charge is 2.26. The van der Waals surface area contributed by atoms with Crippen LogP contribution in [0, 0.1) is 26.7 Å². The predicted molar refractivity (Wildman–Crippen MR) is 137 cm³/mol. The van der Waals surface area contributed by atoms with Crippen molar-refractivity contribution in [3.63, 3.8) is 0 Å². The van der Waals surface area contributed by atoms with Crippen molar-refractivity contribution in [3.05, 3.63) is 70.5 Å². The van der Waals surface area contributed by atoms with Gasteiger partial charge in [-0.2, -0.15) is 0 Å². The lowest BCUT2D eigenvalue weighted by Crippen LogP contribution is -2.33. The molecule has 0 aliphatic heterocycles. The SMILES string of the molecule is CCn1c(SCC(=O)Nc2cccc(C)c2C)nnc1[C@H](NC(=O)c1cccc(C)c1)C(C)C. The standard InChI is InChI=1S/C26H33N5O2S/c1-7-31-24(23(16(2)3)28-25(33)20-12-8-10-17(4)14-20)29-30-26(31)34-15-22(32)27-21-13-9-11-18(5)19(21)6/h8-14,16,23H,7,15H2,1-6H3,(H,27,32)(H,28,33)/t23-/m1/s1. The molecular formula is C26H33N5O2S. The van der Waals surface area contributed by atoms with Crippen LogP contribution in [0.25, 0.3) is 0 Å². The van der Waals surface area contributed by atoms with Gasteiger partial charge in [0.05, 0.1) is 11.8 Å². The Morgan fingerprint density at radius 1 is 1.06 bits per heavy atom. The number of anilines is 1. The van der Waals surface area contributed by atoms with E-state index < -0.39 is 0 Å². The first-order chi connectivity index (χ1) is 16.2. The van der Waals surface area contributed by atoms with Gasteiger partial charge in [-0.1, -0.05) is 55.4 Å². The van der Waals surface area contributed by atoms with Crippen molar-refractivity contribution in [1.82, 2.24) is 20.1 Å². The molecule has 0 radical (unpaired) electrons. The number of carbonyl (C=O) groups excluding carboxylic acids is 2. The lowest BCUT2D eigenvalue weighted by atomic mass is 10.0. The van der Waals surface area contributed by atoms with Crippen molar-refractivity contribution >= 4 is 29.3 Å². The minimum absolute atomic E-state index is 0.0981. The summed E-state index contributed by atoms with van der Waals surface area (Å²) in [4.78, 5) is 25.5. The Morgan fingerprint density at radius 3 is 2.47 bits per heavy atom. The molecule has 1 atom stereocenters. The van der Waals surface area contributed by atoms with Crippen LogP contribution in [0.15, 0.2) is 47.6 Å². The van der Waals surface area contributed by atoms with E-state index >= 15 is 0 Å². The zero-order valence-corrected chi connectivity index (χ0v) is 21.5. The van der Waals surface area contributed by atoms with Gasteiger partial charge in [-0.25, -0.2) is 0 Å². The van der Waals surface area contributed by atoms with Crippen molar-refractivity contribution < 1.29 is 9.59 Å². The van der Waals surface area contributed by atoms with Crippen LogP contribution in [0.3, 0.4) is 0 Å².